The lowest BCUT2D eigenvalue weighted by Crippen LogP contribution is -2.44. The molecule has 1 fully saturated rings. The van der Waals surface area contributed by atoms with Crippen LogP contribution < -0.4 is 0 Å². The number of hydrogen-bond acceptors (Lipinski definition) is 4. The average Bonchev–Trinajstić information content (AvgIpc) is 2.65. The number of carbonyl (C=O) groups excluding carboxylic acids is 2. The van der Waals surface area contributed by atoms with Crippen LogP contribution in [-0.4, -0.2) is 61.0 Å². The van der Waals surface area contributed by atoms with Gasteiger partial charge in [-0.15, -0.1) is 0 Å². The summed E-state index contributed by atoms with van der Waals surface area (Å²) < 4.78 is 4.92. The van der Waals surface area contributed by atoms with Crippen molar-refractivity contribution in [1.29, 1.82) is 0 Å². The Morgan fingerprint density at radius 3 is 2.53 bits per heavy atom. The summed E-state index contributed by atoms with van der Waals surface area (Å²) in [5.41, 5.74) is 0. The van der Waals surface area contributed by atoms with Gasteiger partial charge >= 0.3 is 5.97 Å². The molecule has 19 heavy (non-hydrogen) atoms. The molecule has 0 aromatic carbocycles. The molecule has 0 bridgehead atoms. The molecule has 5 nitrogen and oxygen atoms in total. The largest absolute Gasteiger partial charge is 0.468 e. The molecule has 1 aliphatic heterocycles. The predicted octanol–water partition coefficient (Wildman–Crippen LogP) is 1.27. The molecular formula is C14H26N2O3. The van der Waals surface area contributed by atoms with Crippen molar-refractivity contribution < 1.29 is 14.3 Å². The van der Waals surface area contributed by atoms with Crippen molar-refractivity contribution >= 4 is 11.9 Å². The highest BCUT2D eigenvalue weighted by molar-refractivity contribution is 5.75. The summed E-state index contributed by atoms with van der Waals surface area (Å²) in [6.07, 6.45) is 3.84. The van der Waals surface area contributed by atoms with Gasteiger partial charge in [-0.05, 0) is 12.8 Å². The van der Waals surface area contributed by atoms with Gasteiger partial charge in [0.1, 0.15) is 6.04 Å². The van der Waals surface area contributed by atoms with Crippen LogP contribution in [0, 0.1) is 0 Å². The van der Waals surface area contributed by atoms with Crippen LogP contribution in [0.25, 0.3) is 0 Å². The average molecular weight is 270 g/mol. The SMILES string of the molecule is CCCCC(C(=O)OC)N1CCCN(C(C)=O)CC1. The number of esters is 1. The molecule has 0 saturated carbocycles. The van der Waals surface area contributed by atoms with E-state index in [-0.39, 0.29) is 17.9 Å². The highest BCUT2D eigenvalue weighted by Gasteiger charge is 2.28. The molecule has 5 heteroatoms. The van der Waals surface area contributed by atoms with Crippen molar-refractivity contribution in [3.05, 3.63) is 0 Å². The van der Waals surface area contributed by atoms with Crippen LogP contribution in [0.4, 0.5) is 0 Å². The van der Waals surface area contributed by atoms with E-state index in [2.05, 4.69) is 11.8 Å². The third-order valence-corrected chi connectivity index (χ3v) is 3.72. The van der Waals surface area contributed by atoms with Gasteiger partial charge in [0, 0.05) is 33.1 Å². The Bertz CT molecular complexity index is 307. The Labute approximate surface area is 115 Å². The van der Waals surface area contributed by atoms with Crippen molar-refractivity contribution in [2.75, 3.05) is 33.3 Å². The Kier molecular flexibility index (Phi) is 6.84. The number of methoxy groups -OCH3 is 1. The van der Waals surface area contributed by atoms with E-state index in [1.54, 1.807) is 6.92 Å². The molecule has 1 aliphatic rings. The monoisotopic (exact) mass is 270 g/mol. The van der Waals surface area contributed by atoms with Gasteiger partial charge in [0.25, 0.3) is 0 Å². The summed E-state index contributed by atoms with van der Waals surface area (Å²) in [4.78, 5) is 27.3. The van der Waals surface area contributed by atoms with Crippen LogP contribution in [0.5, 0.6) is 0 Å². The lowest BCUT2D eigenvalue weighted by molar-refractivity contribution is -0.147. The molecule has 1 rings (SSSR count). The Morgan fingerprint density at radius 1 is 1.21 bits per heavy atom. The van der Waals surface area contributed by atoms with Gasteiger partial charge in [-0.1, -0.05) is 19.8 Å². The van der Waals surface area contributed by atoms with Gasteiger partial charge in [0.15, 0.2) is 0 Å². The fourth-order valence-electron chi connectivity index (χ4n) is 2.55. The van der Waals surface area contributed by atoms with E-state index in [4.69, 9.17) is 4.74 Å². The van der Waals surface area contributed by atoms with Crippen LogP contribution in [0.1, 0.15) is 39.5 Å². The number of hydrogen-bond donors (Lipinski definition) is 0. The number of unbranched alkanes of at least 4 members (excludes halogenated alkanes) is 1. The molecule has 1 saturated heterocycles. The standard InChI is InChI=1S/C14H26N2O3/c1-4-5-7-13(14(18)19-3)16-9-6-8-15(10-11-16)12(2)17/h13H,4-11H2,1-3H3. The summed E-state index contributed by atoms with van der Waals surface area (Å²) in [7, 11) is 1.45. The first-order valence-electron chi connectivity index (χ1n) is 7.17. The number of nitrogens with zero attached hydrogens (tertiary/aromatic N) is 2. The lowest BCUT2D eigenvalue weighted by Gasteiger charge is -2.28. The van der Waals surface area contributed by atoms with Crippen molar-refractivity contribution in [3.8, 4) is 0 Å². The second kappa shape index (κ2) is 8.15. The molecule has 0 spiro atoms. The Balaban J connectivity index is 2.63. The van der Waals surface area contributed by atoms with Crippen molar-refractivity contribution in [2.45, 2.75) is 45.6 Å². The van der Waals surface area contributed by atoms with E-state index in [9.17, 15) is 9.59 Å². The minimum Gasteiger partial charge on any atom is -0.468 e. The second-order valence-electron chi connectivity index (χ2n) is 5.08. The fourth-order valence-corrected chi connectivity index (χ4v) is 2.55. The third-order valence-electron chi connectivity index (χ3n) is 3.72. The maximum atomic E-state index is 11.9. The lowest BCUT2D eigenvalue weighted by atomic mass is 10.1. The van der Waals surface area contributed by atoms with Gasteiger partial charge in [0.2, 0.25) is 5.91 Å². The molecule has 0 radical (unpaired) electrons. The van der Waals surface area contributed by atoms with Crippen LogP contribution in [0.3, 0.4) is 0 Å². The number of rotatable bonds is 5. The number of ether oxygens (including phenoxy) is 1. The first-order valence-corrected chi connectivity index (χ1v) is 7.17. The summed E-state index contributed by atoms with van der Waals surface area (Å²) in [5, 5.41) is 0. The van der Waals surface area contributed by atoms with Gasteiger partial charge in [-0.3, -0.25) is 14.5 Å². The molecule has 1 heterocycles. The predicted molar refractivity (Wildman–Crippen MR) is 73.8 cm³/mol. The highest BCUT2D eigenvalue weighted by atomic mass is 16.5. The molecule has 1 atom stereocenters. The molecule has 1 amide bonds. The molecule has 0 aromatic heterocycles. The molecule has 1 unspecified atom stereocenters. The Hall–Kier alpha value is -1.10. The number of carbonyl (C=O) groups is 2. The van der Waals surface area contributed by atoms with Gasteiger partial charge in [0.05, 0.1) is 7.11 Å². The maximum Gasteiger partial charge on any atom is 0.323 e. The van der Waals surface area contributed by atoms with E-state index in [0.717, 1.165) is 45.3 Å². The van der Waals surface area contributed by atoms with E-state index in [0.29, 0.717) is 6.54 Å². The minimum atomic E-state index is -0.156. The fraction of sp³-hybridized carbons (Fsp3) is 0.857. The van der Waals surface area contributed by atoms with Crippen LogP contribution >= 0.6 is 0 Å². The van der Waals surface area contributed by atoms with Crippen molar-refractivity contribution in [1.82, 2.24) is 9.80 Å². The first kappa shape index (κ1) is 16.0. The Morgan fingerprint density at radius 2 is 1.95 bits per heavy atom. The number of amides is 1. The van der Waals surface area contributed by atoms with E-state index >= 15 is 0 Å². The van der Waals surface area contributed by atoms with Gasteiger partial charge in [-0.2, -0.15) is 0 Å². The highest BCUT2D eigenvalue weighted by Crippen LogP contribution is 2.14. The molecule has 0 N–H and O–H groups in total. The summed E-state index contributed by atoms with van der Waals surface area (Å²) in [6, 6.07) is -0.156. The summed E-state index contributed by atoms with van der Waals surface area (Å²) >= 11 is 0. The quantitative estimate of drug-likeness (QED) is 0.706. The minimum absolute atomic E-state index is 0.116. The normalized spacial score (nSPS) is 18.8. The zero-order chi connectivity index (χ0) is 14.3. The third kappa shape index (κ3) is 4.82. The van der Waals surface area contributed by atoms with Crippen LogP contribution in [-0.2, 0) is 14.3 Å². The van der Waals surface area contributed by atoms with E-state index < -0.39 is 0 Å². The smallest absolute Gasteiger partial charge is 0.323 e. The molecule has 0 aliphatic carbocycles. The van der Waals surface area contributed by atoms with Crippen LogP contribution in [0.2, 0.25) is 0 Å². The molecular weight excluding hydrogens is 244 g/mol. The summed E-state index contributed by atoms with van der Waals surface area (Å²) in [6.45, 7) is 6.82. The van der Waals surface area contributed by atoms with Crippen molar-refractivity contribution in [3.63, 3.8) is 0 Å². The van der Waals surface area contributed by atoms with E-state index in [1.165, 1.54) is 7.11 Å². The van der Waals surface area contributed by atoms with Crippen molar-refractivity contribution in [2.24, 2.45) is 0 Å². The van der Waals surface area contributed by atoms with Crippen LogP contribution in [0.15, 0.2) is 0 Å². The first-order chi connectivity index (χ1) is 9.10. The second-order valence-corrected chi connectivity index (χ2v) is 5.08. The van der Waals surface area contributed by atoms with E-state index in [1.807, 2.05) is 4.90 Å². The zero-order valence-corrected chi connectivity index (χ0v) is 12.4. The molecule has 0 aromatic rings. The van der Waals surface area contributed by atoms with Gasteiger partial charge < -0.3 is 9.64 Å². The maximum absolute atomic E-state index is 11.9. The zero-order valence-electron chi connectivity index (χ0n) is 12.4. The topological polar surface area (TPSA) is 49.9 Å². The molecule has 110 valence electrons. The van der Waals surface area contributed by atoms with Gasteiger partial charge in [-0.25, -0.2) is 0 Å². The summed E-state index contributed by atoms with van der Waals surface area (Å²) in [5.74, 6) is -0.0326.